The summed E-state index contributed by atoms with van der Waals surface area (Å²) < 4.78 is 5.33. The number of hydrogen-bond donors (Lipinski definition) is 1. The molecule has 3 aromatic rings. The Balaban J connectivity index is 1.72. The lowest BCUT2D eigenvalue weighted by Gasteiger charge is -2.04. The maximum atomic E-state index is 12.2. The average molecular weight is 326 g/mol. The van der Waals surface area contributed by atoms with E-state index in [-0.39, 0.29) is 5.91 Å². The first-order chi connectivity index (χ1) is 11.3. The SMILES string of the molecule is COc1ccccc1-c1nc(C(=O)NCc2cnccn2)cs1. The zero-order chi connectivity index (χ0) is 16.1. The van der Waals surface area contributed by atoms with E-state index in [0.29, 0.717) is 17.9 Å². The number of amides is 1. The van der Waals surface area contributed by atoms with Crippen LogP contribution in [0.15, 0.2) is 48.2 Å². The summed E-state index contributed by atoms with van der Waals surface area (Å²) in [7, 11) is 1.61. The molecule has 116 valence electrons. The summed E-state index contributed by atoms with van der Waals surface area (Å²) in [5.74, 6) is 0.487. The Morgan fingerprint density at radius 1 is 1.30 bits per heavy atom. The standard InChI is InChI=1S/C16H14N4O2S/c1-22-14-5-3-2-4-12(14)16-20-13(10-23-16)15(21)19-9-11-8-17-6-7-18-11/h2-8,10H,9H2,1H3,(H,19,21). The second-order valence-electron chi connectivity index (χ2n) is 4.62. The van der Waals surface area contributed by atoms with Gasteiger partial charge in [-0.15, -0.1) is 11.3 Å². The number of ether oxygens (including phenoxy) is 1. The molecule has 0 atom stereocenters. The van der Waals surface area contributed by atoms with Crippen molar-refractivity contribution in [3.05, 3.63) is 59.6 Å². The molecule has 0 aliphatic rings. The normalized spacial score (nSPS) is 10.3. The number of carbonyl (C=O) groups is 1. The summed E-state index contributed by atoms with van der Waals surface area (Å²) in [6, 6.07) is 7.58. The summed E-state index contributed by atoms with van der Waals surface area (Å²) in [6.07, 6.45) is 4.79. The highest BCUT2D eigenvalue weighted by molar-refractivity contribution is 7.13. The fraction of sp³-hybridized carbons (Fsp3) is 0.125. The molecule has 0 unspecified atom stereocenters. The van der Waals surface area contributed by atoms with Gasteiger partial charge in [0.05, 0.1) is 31.1 Å². The fourth-order valence-electron chi connectivity index (χ4n) is 2.01. The third-order valence-electron chi connectivity index (χ3n) is 3.12. The Hall–Kier alpha value is -2.80. The van der Waals surface area contributed by atoms with Crippen LogP contribution in [0.2, 0.25) is 0 Å². The van der Waals surface area contributed by atoms with Gasteiger partial charge in [0, 0.05) is 17.8 Å². The summed E-state index contributed by atoms with van der Waals surface area (Å²) in [5, 5.41) is 5.25. The number of nitrogens with one attached hydrogen (secondary N) is 1. The van der Waals surface area contributed by atoms with Crippen LogP contribution in [-0.4, -0.2) is 28.0 Å². The summed E-state index contributed by atoms with van der Waals surface area (Å²) >= 11 is 1.40. The zero-order valence-corrected chi connectivity index (χ0v) is 13.2. The Morgan fingerprint density at radius 2 is 2.17 bits per heavy atom. The van der Waals surface area contributed by atoms with Crippen LogP contribution in [0.5, 0.6) is 5.75 Å². The predicted octanol–water partition coefficient (Wildman–Crippen LogP) is 2.54. The van der Waals surface area contributed by atoms with Crippen LogP contribution in [0.4, 0.5) is 0 Å². The number of aromatic nitrogens is 3. The molecule has 0 spiro atoms. The number of nitrogens with zero attached hydrogens (tertiary/aromatic N) is 3. The summed E-state index contributed by atoms with van der Waals surface area (Å²) in [6.45, 7) is 0.314. The van der Waals surface area contributed by atoms with E-state index < -0.39 is 0 Å². The van der Waals surface area contributed by atoms with Gasteiger partial charge in [0.2, 0.25) is 0 Å². The van der Waals surface area contributed by atoms with E-state index in [1.54, 1.807) is 31.1 Å². The number of rotatable bonds is 5. The molecule has 0 saturated heterocycles. The van der Waals surface area contributed by atoms with Gasteiger partial charge in [-0.1, -0.05) is 12.1 Å². The van der Waals surface area contributed by atoms with Crippen molar-refractivity contribution >= 4 is 17.2 Å². The minimum atomic E-state index is -0.243. The minimum Gasteiger partial charge on any atom is -0.496 e. The maximum Gasteiger partial charge on any atom is 0.271 e. The van der Waals surface area contributed by atoms with Gasteiger partial charge in [0.15, 0.2) is 0 Å². The van der Waals surface area contributed by atoms with Gasteiger partial charge in [-0.05, 0) is 12.1 Å². The molecule has 3 rings (SSSR count). The minimum absolute atomic E-state index is 0.243. The molecule has 0 fully saturated rings. The third kappa shape index (κ3) is 3.51. The van der Waals surface area contributed by atoms with Crippen molar-refractivity contribution in [3.63, 3.8) is 0 Å². The van der Waals surface area contributed by atoms with Crippen molar-refractivity contribution in [3.8, 4) is 16.3 Å². The van der Waals surface area contributed by atoms with E-state index in [2.05, 4.69) is 20.3 Å². The third-order valence-corrected chi connectivity index (χ3v) is 4.00. The largest absolute Gasteiger partial charge is 0.496 e. The zero-order valence-electron chi connectivity index (χ0n) is 12.4. The van der Waals surface area contributed by atoms with Gasteiger partial charge in [0.1, 0.15) is 16.5 Å². The van der Waals surface area contributed by atoms with Gasteiger partial charge in [0.25, 0.3) is 5.91 Å². The van der Waals surface area contributed by atoms with Gasteiger partial charge < -0.3 is 10.1 Å². The Labute approximate surface area is 137 Å². The second-order valence-corrected chi connectivity index (χ2v) is 5.48. The number of carbonyl (C=O) groups excluding carboxylic acids is 1. The monoisotopic (exact) mass is 326 g/mol. The van der Waals surface area contributed by atoms with Crippen LogP contribution in [0.1, 0.15) is 16.2 Å². The molecule has 2 heterocycles. The highest BCUT2D eigenvalue weighted by atomic mass is 32.1. The van der Waals surface area contributed by atoms with Crippen LogP contribution in [-0.2, 0) is 6.54 Å². The molecule has 0 saturated carbocycles. The topological polar surface area (TPSA) is 77.0 Å². The molecule has 1 amide bonds. The number of hydrogen-bond acceptors (Lipinski definition) is 6. The fourth-order valence-corrected chi connectivity index (χ4v) is 2.84. The van der Waals surface area contributed by atoms with E-state index in [4.69, 9.17) is 4.74 Å². The lowest BCUT2D eigenvalue weighted by molar-refractivity contribution is 0.0946. The number of methoxy groups -OCH3 is 1. The first kappa shape index (κ1) is 15.1. The first-order valence-corrected chi connectivity index (χ1v) is 7.78. The predicted molar refractivity (Wildman–Crippen MR) is 87.3 cm³/mol. The summed E-state index contributed by atoms with van der Waals surface area (Å²) in [5.41, 5.74) is 1.94. The van der Waals surface area contributed by atoms with Gasteiger partial charge in [-0.25, -0.2) is 4.98 Å². The molecule has 1 aromatic carbocycles. The quantitative estimate of drug-likeness (QED) is 0.779. The highest BCUT2D eigenvalue weighted by Gasteiger charge is 2.14. The lowest BCUT2D eigenvalue weighted by atomic mass is 10.2. The smallest absolute Gasteiger partial charge is 0.271 e. The number of para-hydroxylation sites is 1. The molecular weight excluding hydrogens is 312 g/mol. The van der Waals surface area contributed by atoms with Gasteiger partial charge in [-0.3, -0.25) is 14.8 Å². The highest BCUT2D eigenvalue weighted by Crippen LogP contribution is 2.31. The molecular formula is C16H14N4O2S. The molecule has 1 N–H and O–H groups in total. The van der Waals surface area contributed by atoms with E-state index in [1.807, 2.05) is 24.3 Å². The first-order valence-electron chi connectivity index (χ1n) is 6.90. The lowest BCUT2D eigenvalue weighted by Crippen LogP contribution is -2.23. The van der Waals surface area contributed by atoms with Crippen molar-refractivity contribution in [1.29, 1.82) is 0 Å². The second kappa shape index (κ2) is 6.97. The van der Waals surface area contributed by atoms with Crippen molar-refractivity contribution < 1.29 is 9.53 Å². The van der Waals surface area contributed by atoms with Crippen LogP contribution in [0.25, 0.3) is 10.6 Å². The van der Waals surface area contributed by atoms with E-state index in [0.717, 1.165) is 16.3 Å². The van der Waals surface area contributed by atoms with Crippen LogP contribution in [0, 0.1) is 0 Å². The Bertz CT molecular complexity index is 805. The van der Waals surface area contributed by atoms with Crippen molar-refractivity contribution in [1.82, 2.24) is 20.3 Å². The van der Waals surface area contributed by atoms with Crippen LogP contribution in [0.3, 0.4) is 0 Å². The summed E-state index contributed by atoms with van der Waals surface area (Å²) in [4.78, 5) is 24.6. The number of thiazole rings is 1. The molecule has 23 heavy (non-hydrogen) atoms. The molecule has 7 heteroatoms. The molecule has 0 aliphatic heterocycles. The van der Waals surface area contributed by atoms with Crippen LogP contribution < -0.4 is 10.1 Å². The van der Waals surface area contributed by atoms with E-state index in [1.165, 1.54) is 11.3 Å². The Morgan fingerprint density at radius 3 is 2.96 bits per heavy atom. The van der Waals surface area contributed by atoms with Crippen molar-refractivity contribution in [2.24, 2.45) is 0 Å². The molecule has 0 bridgehead atoms. The average Bonchev–Trinajstić information content (AvgIpc) is 3.10. The van der Waals surface area contributed by atoms with E-state index >= 15 is 0 Å². The number of benzene rings is 1. The van der Waals surface area contributed by atoms with Gasteiger partial charge in [-0.2, -0.15) is 0 Å². The molecule has 0 radical (unpaired) electrons. The molecule has 2 aromatic heterocycles. The van der Waals surface area contributed by atoms with E-state index in [9.17, 15) is 4.79 Å². The van der Waals surface area contributed by atoms with Crippen molar-refractivity contribution in [2.75, 3.05) is 7.11 Å². The maximum absolute atomic E-state index is 12.2. The molecule has 6 nitrogen and oxygen atoms in total. The van der Waals surface area contributed by atoms with Crippen LogP contribution >= 0.6 is 11.3 Å². The Kier molecular flexibility index (Phi) is 4.58. The van der Waals surface area contributed by atoms with Gasteiger partial charge >= 0.3 is 0 Å². The van der Waals surface area contributed by atoms with Crippen molar-refractivity contribution in [2.45, 2.75) is 6.54 Å². The molecule has 0 aliphatic carbocycles.